The monoisotopic (exact) mass is 443 g/mol. The number of nitrogens with one attached hydrogen (secondary N) is 1. The number of likely N-dealkylation sites (tertiary alicyclic amines) is 1. The van der Waals surface area contributed by atoms with Crippen LogP contribution in [0.4, 0.5) is 4.39 Å². The van der Waals surface area contributed by atoms with Crippen molar-refractivity contribution in [2.24, 2.45) is 4.99 Å². The van der Waals surface area contributed by atoms with Crippen LogP contribution in [0.2, 0.25) is 0 Å². The van der Waals surface area contributed by atoms with Crippen molar-refractivity contribution < 1.29 is 19.0 Å². The van der Waals surface area contributed by atoms with Gasteiger partial charge in [0, 0.05) is 31.9 Å². The Bertz CT molecular complexity index is 998. The minimum atomic E-state index is -1.00. The number of hydrogen-bond acceptors (Lipinski definition) is 7. The number of likely N-dealkylation sites (N-methyl/N-ethyl adjacent to an activating group) is 1. The molecule has 0 aliphatic carbocycles. The number of fused-ring (bicyclic) bond motifs is 1. The molecule has 1 atom stereocenters. The van der Waals surface area contributed by atoms with E-state index in [-0.39, 0.29) is 24.3 Å². The van der Waals surface area contributed by atoms with Crippen LogP contribution in [0.25, 0.3) is 0 Å². The van der Waals surface area contributed by atoms with E-state index in [1.54, 1.807) is 27.0 Å². The molecule has 9 heteroatoms. The smallest absolute Gasteiger partial charge is 0.252 e. The molecule has 0 radical (unpaired) electrons. The van der Waals surface area contributed by atoms with Gasteiger partial charge >= 0.3 is 0 Å². The third-order valence-corrected chi connectivity index (χ3v) is 5.88. The van der Waals surface area contributed by atoms with Gasteiger partial charge in [0.05, 0.1) is 30.9 Å². The summed E-state index contributed by atoms with van der Waals surface area (Å²) in [5.74, 6) is 1.39. The van der Waals surface area contributed by atoms with Crippen LogP contribution >= 0.6 is 0 Å². The van der Waals surface area contributed by atoms with E-state index < -0.39 is 5.60 Å². The van der Waals surface area contributed by atoms with Crippen molar-refractivity contribution in [1.82, 2.24) is 20.2 Å². The number of hydrazine groups is 1. The van der Waals surface area contributed by atoms with Gasteiger partial charge in [-0.05, 0) is 51.0 Å². The van der Waals surface area contributed by atoms with Crippen LogP contribution < -0.4 is 10.1 Å². The van der Waals surface area contributed by atoms with Gasteiger partial charge in [-0.15, -0.1) is 0 Å². The van der Waals surface area contributed by atoms with E-state index in [2.05, 4.69) is 10.2 Å². The molecule has 0 spiro atoms. The number of carbonyl (C=O) groups excluding carboxylic acids is 1. The second kappa shape index (κ2) is 8.55. The molecule has 0 aromatic heterocycles. The Kier molecular flexibility index (Phi) is 5.96. The Morgan fingerprint density at radius 2 is 2.19 bits per heavy atom. The Hall–Kier alpha value is -2.91. The fourth-order valence-electron chi connectivity index (χ4n) is 4.33. The number of aliphatic imine (C=N–C) groups is 1. The van der Waals surface area contributed by atoms with Crippen molar-refractivity contribution in [1.29, 1.82) is 0 Å². The Morgan fingerprint density at radius 3 is 2.91 bits per heavy atom. The third kappa shape index (κ3) is 4.35. The van der Waals surface area contributed by atoms with E-state index in [1.807, 2.05) is 29.3 Å². The van der Waals surface area contributed by atoms with Gasteiger partial charge in [0.2, 0.25) is 0 Å². The highest BCUT2D eigenvalue weighted by molar-refractivity contribution is 5.98. The van der Waals surface area contributed by atoms with Crippen molar-refractivity contribution in [3.63, 3.8) is 0 Å². The fourth-order valence-corrected chi connectivity index (χ4v) is 4.33. The van der Waals surface area contributed by atoms with Gasteiger partial charge in [-0.25, -0.2) is 14.4 Å². The SMILES string of the molecule is COc1ccc(F)cc1[C@H]1CCCN1C1=NC2=C(C(=O)NCC(C)(C)O)CN(C)N2C=C1. The van der Waals surface area contributed by atoms with Gasteiger partial charge in [0.15, 0.2) is 5.82 Å². The van der Waals surface area contributed by atoms with Crippen molar-refractivity contribution >= 4 is 11.7 Å². The molecule has 3 aliphatic rings. The maximum Gasteiger partial charge on any atom is 0.252 e. The maximum atomic E-state index is 14.0. The maximum absolute atomic E-state index is 14.0. The highest BCUT2D eigenvalue weighted by atomic mass is 19.1. The molecule has 2 N–H and O–H groups in total. The lowest BCUT2D eigenvalue weighted by atomic mass is 10.0. The summed E-state index contributed by atoms with van der Waals surface area (Å²) in [7, 11) is 3.47. The van der Waals surface area contributed by atoms with Gasteiger partial charge in [-0.1, -0.05) is 0 Å². The molecule has 32 heavy (non-hydrogen) atoms. The number of amidine groups is 1. The molecule has 1 aromatic carbocycles. The molecule has 0 saturated carbocycles. The molecular weight excluding hydrogens is 413 g/mol. The summed E-state index contributed by atoms with van der Waals surface area (Å²) in [5, 5.41) is 16.5. The van der Waals surface area contributed by atoms with Crippen LogP contribution in [-0.4, -0.2) is 71.2 Å². The third-order valence-electron chi connectivity index (χ3n) is 5.88. The van der Waals surface area contributed by atoms with Gasteiger partial charge in [0.1, 0.15) is 17.4 Å². The van der Waals surface area contributed by atoms with Crippen LogP contribution in [0.3, 0.4) is 0 Å². The van der Waals surface area contributed by atoms with Crippen molar-refractivity contribution in [2.75, 3.05) is 33.8 Å². The molecule has 0 bridgehead atoms. The molecule has 8 nitrogen and oxygen atoms in total. The first-order valence-corrected chi connectivity index (χ1v) is 10.8. The number of aliphatic hydroxyl groups is 1. The molecule has 1 fully saturated rings. The summed E-state index contributed by atoms with van der Waals surface area (Å²) in [6.45, 7) is 4.62. The van der Waals surface area contributed by atoms with Crippen LogP contribution in [0.15, 0.2) is 46.9 Å². The quantitative estimate of drug-likeness (QED) is 0.726. The number of benzene rings is 1. The molecule has 1 saturated heterocycles. The largest absolute Gasteiger partial charge is 0.496 e. The van der Waals surface area contributed by atoms with E-state index in [9.17, 15) is 14.3 Å². The van der Waals surface area contributed by atoms with Gasteiger partial charge in [-0.3, -0.25) is 9.80 Å². The lowest BCUT2D eigenvalue weighted by Crippen LogP contribution is -2.39. The highest BCUT2D eigenvalue weighted by Gasteiger charge is 2.36. The number of hydrogen-bond donors (Lipinski definition) is 2. The molecule has 1 amide bonds. The summed E-state index contributed by atoms with van der Waals surface area (Å²) < 4.78 is 19.5. The first kappa shape index (κ1) is 22.3. The predicted molar refractivity (Wildman–Crippen MR) is 119 cm³/mol. The summed E-state index contributed by atoms with van der Waals surface area (Å²) in [6, 6.07) is 4.51. The van der Waals surface area contributed by atoms with Gasteiger partial charge in [0.25, 0.3) is 5.91 Å². The molecule has 3 aliphatic heterocycles. The van der Waals surface area contributed by atoms with Gasteiger partial charge in [-0.2, -0.15) is 0 Å². The number of methoxy groups -OCH3 is 1. The van der Waals surface area contributed by atoms with Crippen LogP contribution in [0.5, 0.6) is 5.75 Å². The van der Waals surface area contributed by atoms with Crippen LogP contribution in [-0.2, 0) is 4.79 Å². The van der Waals surface area contributed by atoms with Crippen LogP contribution in [0, 0.1) is 5.82 Å². The van der Waals surface area contributed by atoms with Crippen molar-refractivity contribution in [2.45, 2.75) is 38.3 Å². The van der Waals surface area contributed by atoms with E-state index in [1.165, 1.54) is 12.1 Å². The number of nitrogens with zero attached hydrogens (tertiary/aromatic N) is 4. The topological polar surface area (TPSA) is 80.6 Å². The number of carbonyl (C=O) groups is 1. The Balaban J connectivity index is 1.64. The molecule has 4 rings (SSSR count). The van der Waals surface area contributed by atoms with Crippen LogP contribution in [0.1, 0.15) is 38.3 Å². The zero-order valence-electron chi connectivity index (χ0n) is 18.9. The minimum Gasteiger partial charge on any atom is -0.496 e. The Morgan fingerprint density at radius 1 is 1.41 bits per heavy atom. The number of amides is 1. The highest BCUT2D eigenvalue weighted by Crippen LogP contribution is 2.39. The number of halogens is 1. The van der Waals surface area contributed by atoms with E-state index in [0.717, 1.165) is 30.8 Å². The second-order valence-corrected chi connectivity index (χ2v) is 8.98. The van der Waals surface area contributed by atoms with Crippen molar-refractivity contribution in [3.05, 3.63) is 53.2 Å². The van der Waals surface area contributed by atoms with Crippen molar-refractivity contribution in [3.8, 4) is 5.75 Å². The van der Waals surface area contributed by atoms with E-state index in [4.69, 9.17) is 9.73 Å². The summed E-state index contributed by atoms with van der Waals surface area (Å²) >= 11 is 0. The summed E-state index contributed by atoms with van der Waals surface area (Å²) in [4.78, 5) is 19.8. The molecule has 0 unspecified atom stereocenters. The predicted octanol–water partition coefficient (Wildman–Crippen LogP) is 2.16. The second-order valence-electron chi connectivity index (χ2n) is 8.98. The Labute approximate surface area is 187 Å². The fraction of sp³-hybridized carbons (Fsp3) is 0.478. The minimum absolute atomic E-state index is 0.0669. The average Bonchev–Trinajstić information content (AvgIpc) is 3.36. The first-order valence-electron chi connectivity index (χ1n) is 10.8. The zero-order valence-corrected chi connectivity index (χ0v) is 18.9. The zero-order chi connectivity index (χ0) is 23.0. The van der Waals surface area contributed by atoms with E-state index >= 15 is 0 Å². The first-order chi connectivity index (χ1) is 15.2. The normalized spacial score (nSPS) is 21.2. The standard InChI is InChI=1S/C23H30FN5O3/c1-23(2,31)14-25-22(30)17-13-27(3)29-11-9-20(26-21(17)29)28-10-5-6-18(28)16-12-15(24)7-8-19(16)32-4/h7-9,11-12,18,31H,5-6,10,13-14H2,1-4H3,(H,25,30)/t18-/m1/s1. The average molecular weight is 444 g/mol. The lowest BCUT2D eigenvalue weighted by molar-refractivity contribution is -0.118. The van der Waals surface area contributed by atoms with E-state index in [0.29, 0.717) is 23.7 Å². The summed E-state index contributed by atoms with van der Waals surface area (Å²) in [6.07, 6.45) is 5.61. The van der Waals surface area contributed by atoms with Gasteiger partial charge < -0.3 is 20.1 Å². The molecular formula is C23H30FN5O3. The summed E-state index contributed by atoms with van der Waals surface area (Å²) in [5.41, 5.74) is 0.334. The molecule has 3 heterocycles. The lowest BCUT2D eigenvalue weighted by Gasteiger charge is -2.32. The molecule has 172 valence electrons. The number of rotatable bonds is 5. The number of ether oxygens (including phenoxy) is 1. The molecule has 1 aromatic rings.